The lowest BCUT2D eigenvalue weighted by Crippen LogP contribution is -2.44. The van der Waals surface area contributed by atoms with Gasteiger partial charge in [0.05, 0.1) is 32.4 Å². The van der Waals surface area contributed by atoms with Gasteiger partial charge in [0.1, 0.15) is 16.9 Å². The highest BCUT2D eigenvalue weighted by atomic mass is 28.4. The molecule has 1 aromatic carbocycles. The highest BCUT2D eigenvalue weighted by Crippen LogP contribution is 2.38. The number of aromatic nitrogens is 2. The molecule has 0 fully saturated rings. The second-order valence-electron chi connectivity index (χ2n) is 10.3. The fourth-order valence-corrected chi connectivity index (χ4v) is 3.86. The molecule has 1 heterocycles. The van der Waals surface area contributed by atoms with E-state index in [9.17, 15) is 4.79 Å². The third-order valence-corrected chi connectivity index (χ3v) is 10.1. The van der Waals surface area contributed by atoms with Gasteiger partial charge in [-0.1, -0.05) is 20.8 Å². The fourth-order valence-electron chi connectivity index (χ4n) is 2.84. The number of amides is 1. The summed E-state index contributed by atoms with van der Waals surface area (Å²) in [5, 5.41) is 2.70. The van der Waals surface area contributed by atoms with Crippen molar-refractivity contribution in [3.63, 3.8) is 0 Å². The summed E-state index contributed by atoms with van der Waals surface area (Å²) in [5.41, 5.74) is 0.0632. The molecule has 1 aromatic heterocycles. The molecule has 33 heavy (non-hydrogen) atoms. The lowest BCUT2D eigenvalue weighted by molar-refractivity contribution is 0.0483. The molecule has 0 radical (unpaired) electrons. The number of nitrogens with zero attached hydrogens (tertiary/aromatic N) is 2. The zero-order valence-corrected chi connectivity index (χ0v) is 22.3. The van der Waals surface area contributed by atoms with Crippen LogP contribution in [0.25, 0.3) is 11.0 Å². The number of rotatable bonds is 7. The van der Waals surface area contributed by atoms with Gasteiger partial charge in [0.25, 0.3) is 11.8 Å². The molecule has 0 aliphatic carbocycles. The number of alkyl carbamates (subject to hydrolysis) is 1. The second-order valence-corrected chi connectivity index (χ2v) is 15.2. The Morgan fingerprint density at radius 3 is 2.15 bits per heavy atom. The summed E-state index contributed by atoms with van der Waals surface area (Å²) in [6, 6.07) is 1.92. The van der Waals surface area contributed by atoms with E-state index in [-0.39, 0.29) is 34.5 Å². The van der Waals surface area contributed by atoms with E-state index in [1.807, 2.05) is 0 Å². The zero-order valence-electron chi connectivity index (χ0n) is 21.3. The standard InChI is InChI=1S/C23H36FN3O5Si/c1-22(2,3)32-21(28)26-16(13-31-33(9,10)23(4,5)6)17-14(24)11-12-15-18(17)27-20(30-8)19(25-15)29-7/h11-12,16H,13H2,1-10H3,(H,26,28)/t16-/m0/s1. The Kier molecular flexibility index (Phi) is 7.96. The van der Waals surface area contributed by atoms with E-state index in [1.165, 1.54) is 26.4 Å². The smallest absolute Gasteiger partial charge is 0.408 e. The first-order valence-electron chi connectivity index (χ1n) is 10.8. The Hall–Kier alpha value is -2.46. The van der Waals surface area contributed by atoms with E-state index in [2.05, 4.69) is 49.1 Å². The Morgan fingerprint density at radius 2 is 1.64 bits per heavy atom. The van der Waals surface area contributed by atoms with Crippen LogP contribution in [-0.2, 0) is 9.16 Å². The van der Waals surface area contributed by atoms with E-state index in [1.54, 1.807) is 20.8 Å². The van der Waals surface area contributed by atoms with Crippen LogP contribution >= 0.6 is 0 Å². The minimum atomic E-state index is -2.21. The summed E-state index contributed by atoms with van der Waals surface area (Å²) in [4.78, 5) is 21.5. The monoisotopic (exact) mass is 481 g/mol. The SMILES string of the molecule is COc1nc2ccc(F)c([C@H](CO[Si](C)(C)C(C)(C)C)NC(=O)OC(C)(C)C)c2nc1OC. The summed E-state index contributed by atoms with van der Waals surface area (Å²) in [6.07, 6.45) is -0.684. The molecule has 0 unspecified atom stereocenters. The predicted molar refractivity (Wildman–Crippen MR) is 128 cm³/mol. The minimum Gasteiger partial charge on any atom is -0.477 e. The Morgan fingerprint density at radius 1 is 1.06 bits per heavy atom. The van der Waals surface area contributed by atoms with E-state index < -0.39 is 31.9 Å². The largest absolute Gasteiger partial charge is 0.477 e. The first-order chi connectivity index (χ1) is 15.1. The van der Waals surface area contributed by atoms with Crippen molar-refractivity contribution in [1.29, 1.82) is 0 Å². The molecular weight excluding hydrogens is 445 g/mol. The lowest BCUT2D eigenvalue weighted by Gasteiger charge is -2.37. The van der Waals surface area contributed by atoms with E-state index in [0.29, 0.717) is 5.52 Å². The third-order valence-electron chi connectivity index (χ3n) is 5.60. The molecule has 0 aliphatic rings. The van der Waals surface area contributed by atoms with Crippen LogP contribution in [-0.4, -0.2) is 50.8 Å². The van der Waals surface area contributed by atoms with Crippen molar-refractivity contribution < 1.29 is 27.8 Å². The van der Waals surface area contributed by atoms with Crippen LogP contribution in [0, 0.1) is 5.82 Å². The van der Waals surface area contributed by atoms with Crippen LogP contribution in [0.2, 0.25) is 18.1 Å². The maximum Gasteiger partial charge on any atom is 0.408 e. The molecule has 10 heteroatoms. The number of hydrogen-bond donors (Lipinski definition) is 1. The molecule has 1 atom stereocenters. The number of carbonyl (C=O) groups is 1. The highest BCUT2D eigenvalue weighted by Gasteiger charge is 2.38. The van der Waals surface area contributed by atoms with Gasteiger partial charge >= 0.3 is 6.09 Å². The van der Waals surface area contributed by atoms with Crippen LogP contribution in [0.1, 0.15) is 53.1 Å². The van der Waals surface area contributed by atoms with Crippen LogP contribution in [0.15, 0.2) is 12.1 Å². The average molecular weight is 482 g/mol. The molecule has 1 amide bonds. The van der Waals surface area contributed by atoms with Gasteiger partial charge in [0.15, 0.2) is 8.32 Å². The van der Waals surface area contributed by atoms with Crippen LogP contribution in [0.4, 0.5) is 9.18 Å². The van der Waals surface area contributed by atoms with Crippen molar-refractivity contribution in [3.05, 3.63) is 23.5 Å². The van der Waals surface area contributed by atoms with Gasteiger partial charge in [-0.2, -0.15) is 0 Å². The van der Waals surface area contributed by atoms with Crippen LogP contribution < -0.4 is 14.8 Å². The predicted octanol–water partition coefficient (Wildman–Crippen LogP) is 5.37. The molecular formula is C23H36FN3O5Si. The van der Waals surface area contributed by atoms with Crippen molar-refractivity contribution >= 4 is 25.4 Å². The molecule has 0 spiro atoms. The molecule has 184 valence electrons. The maximum atomic E-state index is 15.3. The summed E-state index contributed by atoms with van der Waals surface area (Å²) in [5.74, 6) is -0.265. The molecule has 0 bridgehead atoms. The van der Waals surface area contributed by atoms with Gasteiger partial charge < -0.3 is 24.0 Å². The molecule has 2 rings (SSSR count). The van der Waals surface area contributed by atoms with Gasteiger partial charge in [-0.25, -0.2) is 19.2 Å². The van der Waals surface area contributed by atoms with Crippen molar-refractivity contribution in [1.82, 2.24) is 15.3 Å². The topological polar surface area (TPSA) is 91.8 Å². The first-order valence-corrected chi connectivity index (χ1v) is 13.7. The molecule has 0 saturated carbocycles. The van der Waals surface area contributed by atoms with Crippen molar-refractivity contribution in [2.24, 2.45) is 0 Å². The molecule has 0 aliphatic heterocycles. The second kappa shape index (κ2) is 9.80. The number of hydrogen-bond acceptors (Lipinski definition) is 7. The fraction of sp³-hybridized carbons (Fsp3) is 0.609. The van der Waals surface area contributed by atoms with Crippen molar-refractivity contribution in [3.8, 4) is 11.8 Å². The highest BCUT2D eigenvalue weighted by molar-refractivity contribution is 6.74. The number of benzene rings is 1. The Bertz CT molecular complexity index is 1000. The van der Waals surface area contributed by atoms with E-state index in [0.717, 1.165) is 0 Å². The number of halogens is 1. The van der Waals surface area contributed by atoms with Crippen molar-refractivity contribution in [2.45, 2.75) is 71.3 Å². The molecule has 0 saturated heterocycles. The molecule has 8 nitrogen and oxygen atoms in total. The first kappa shape index (κ1) is 26.8. The number of ether oxygens (including phenoxy) is 3. The quantitative estimate of drug-likeness (QED) is 0.531. The normalized spacial score (nSPS) is 13.5. The van der Waals surface area contributed by atoms with Gasteiger partial charge in [-0.3, -0.25) is 0 Å². The van der Waals surface area contributed by atoms with Gasteiger partial charge in [-0.05, 0) is 51.0 Å². The molecule has 1 N–H and O–H groups in total. The van der Waals surface area contributed by atoms with E-state index >= 15 is 4.39 Å². The average Bonchev–Trinajstić information content (AvgIpc) is 2.68. The van der Waals surface area contributed by atoms with Gasteiger partial charge in [0.2, 0.25) is 0 Å². The molecule has 2 aromatic rings. The van der Waals surface area contributed by atoms with Crippen LogP contribution in [0.5, 0.6) is 11.8 Å². The van der Waals surface area contributed by atoms with Gasteiger partial charge in [-0.15, -0.1) is 0 Å². The minimum absolute atomic E-state index is 0.0434. The van der Waals surface area contributed by atoms with Gasteiger partial charge in [0, 0.05) is 5.56 Å². The zero-order chi connectivity index (χ0) is 25.2. The summed E-state index contributed by atoms with van der Waals surface area (Å²) in [7, 11) is 0.661. The Balaban J connectivity index is 2.59. The van der Waals surface area contributed by atoms with Crippen molar-refractivity contribution in [2.75, 3.05) is 20.8 Å². The number of methoxy groups -OCH3 is 2. The number of fused-ring (bicyclic) bond motifs is 1. The third kappa shape index (κ3) is 6.54. The lowest BCUT2D eigenvalue weighted by atomic mass is 10.0. The summed E-state index contributed by atoms with van der Waals surface area (Å²) >= 11 is 0. The number of carbonyl (C=O) groups excluding carboxylic acids is 1. The van der Waals surface area contributed by atoms with E-state index in [4.69, 9.17) is 18.6 Å². The summed E-state index contributed by atoms with van der Waals surface area (Å²) in [6.45, 7) is 15.8. The Labute approximate surface area is 196 Å². The maximum absolute atomic E-state index is 15.3. The summed E-state index contributed by atoms with van der Waals surface area (Å²) < 4.78 is 37.5. The van der Waals surface area contributed by atoms with Crippen LogP contribution in [0.3, 0.4) is 0 Å². The number of nitrogens with one attached hydrogen (secondary N) is 1.